The minimum absolute atomic E-state index is 0.136. The van der Waals surface area contributed by atoms with Gasteiger partial charge in [-0.3, -0.25) is 4.79 Å². The summed E-state index contributed by atoms with van der Waals surface area (Å²) in [6.07, 6.45) is 0. The summed E-state index contributed by atoms with van der Waals surface area (Å²) in [6, 6.07) is 3.82. The molecule has 2 rings (SSSR count). The van der Waals surface area contributed by atoms with Gasteiger partial charge in [-0.2, -0.15) is 0 Å². The van der Waals surface area contributed by atoms with Crippen LogP contribution in [0.25, 0.3) is 0 Å². The van der Waals surface area contributed by atoms with Crippen LogP contribution in [0.3, 0.4) is 0 Å². The van der Waals surface area contributed by atoms with Crippen LogP contribution in [0, 0.1) is 34.6 Å². The van der Waals surface area contributed by atoms with Crippen LogP contribution < -0.4 is 0 Å². The van der Waals surface area contributed by atoms with Crippen LogP contribution >= 0.6 is 27.3 Å². The summed E-state index contributed by atoms with van der Waals surface area (Å²) < 4.78 is 0.992. The summed E-state index contributed by atoms with van der Waals surface area (Å²) >= 11 is 4.91. The Morgan fingerprint density at radius 1 is 0.895 bits per heavy atom. The van der Waals surface area contributed by atoms with Crippen molar-refractivity contribution in [3.63, 3.8) is 0 Å². The average Bonchev–Trinajstić information content (AvgIpc) is 2.81. The standard InChI is InChI=1S/C16H17BrOS/c1-8-9(2)11(4)15(12(5)10(8)3)16(18)13-6-7-14(17)19-13/h6-7H,1-5H3. The van der Waals surface area contributed by atoms with E-state index in [-0.39, 0.29) is 5.78 Å². The number of ketones is 1. The van der Waals surface area contributed by atoms with Crippen LogP contribution in [0.5, 0.6) is 0 Å². The van der Waals surface area contributed by atoms with Gasteiger partial charge in [-0.05, 0) is 90.5 Å². The van der Waals surface area contributed by atoms with E-state index in [0.29, 0.717) is 0 Å². The van der Waals surface area contributed by atoms with E-state index in [1.807, 2.05) is 26.0 Å². The molecule has 0 aliphatic rings. The molecule has 0 aliphatic carbocycles. The molecule has 19 heavy (non-hydrogen) atoms. The van der Waals surface area contributed by atoms with E-state index >= 15 is 0 Å². The molecule has 3 heteroatoms. The van der Waals surface area contributed by atoms with Crippen LogP contribution in [-0.2, 0) is 0 Å². The molecule has 0 radical (unpaired) electrons. The Hall–Kier alpha value is -0.930. The number of carbonyl (C=O) groups is 1. The van der Waals surface area contributed by atoms with Crippen molar-refractivity contribution in [2.45, 2.75) is 34.6 Å². The lowest BCUT2D eigenvalue weighted by atomic mass is 9.87. The third-order valence-electron chi connectivity index (χ3n) is 4.02. The van der Waals surface area contributed by atoms with Gasteiger partial charge in [-0.25, -0.2) is 0 Å². The minimum atomic E-state index is 0.136. The van der Waals surface area contributed by atoms with Gasteiger partial charge < -0.3 is 0 Å². The van der Waals surface area contributed by atoms with Gasteiger partial charge in [0.05, 0.1) is 8.66 Å². The Labute approximate surface area is 126 Å². The van der Waals surface area contributed by atoms with Crippen LogP contribution in [0.4, 0.5) is 0 Å². The van der Waals surface area contributed by atoms with Crippen LogP contribution in [0.15, 0.2) is 15.9 Å². The lowest BCUT2D eigenvalue weighted by Crippen LogP contribution is -2.09. The molecule has 0 amide bonds. The fraction of sp³-hybridized carbons (Fsp3) is 0.312. The first-order valence-electron chi connectivity index (χ1n) is 6.21. The van der Waals surface area contributed by atoms with E-state index in [1.54, 1.807) is 0 Å². The molecular weight excluding hydrogens is 320 g/mol. The number of rotatable bonds is 2. The summed E-state index contributed by atoms with van der Waals surface area (Å²) in [5, 5.41) is 0. The fourth-order valence-corrected chi connectivity index (χ4v) is 3.73. The summed E-state index contributed by atoms with van der Waals surface area (Å²) in [6.45, 7) is 10.4. The highest BCUT2D eigenvalue weighted by molar-refractivity contribution is 9.11. The Morgan fingerprint density at radius 2 is 1.37 bits per heavy atom. The molecule has 1 heterocycles. The maximum absolute atomic E-state index is 12.7. The Morgan fingerprint density at radius 3 is 1.79 bits per heavy atom. The summed E-state index contributed by atoms with van der Waals surface area (Å²) in [4.78, 5) is 13.5. The molecule has 0 saturated carbocycles. The second-order valence-electron chi connectivity index (χ2n) is 4.93. The molecule has 0 atom stereocenters. The first-order valence-corrected chi connectivity index (χ1v) is 7.82. The van der Waals surface area contributed by atoms with Gasteiger partial charge in [-0.1, -0.05) is 0 Å². The van der Waals surface area contributed by atoms with Gasteiger partial charge in [0.25, 0.3) is 0 Å². The molecule has 0 fully saturated rings. The highest BCUT2D eigenvalue weighted by Crippen LogP contribution is 2.30. The maximum Gasteiger partial charge on any atom is 0.203 e. The third-order valence-corrected chi connectivity index (χ3v) is 5.65. The lowest BCUT2D eigenvalue weighted by molar-refractivity contribution is 0.104. The summed E-state index contributed by atoms with van der Waals surface area (Å²) in [5.41, 5.74) is 6.82. The van der Waals surface area contributed by atoms with Gasteiger partial charge in [0.2, 0.25) is 5.78 Å². The average molecular weight is 337 g/mol. The molecule has 1 aromatic heterocycles. The zero-order chi connectivity index (χ0) is 14.3. The molecule has 0 unspecified atom stereocenters. The van der Waals surface area contributed by atoms with E-state index in [2.05, 4.69) is 36.7 Å². The highest BCUT2D eigenvalue weighted by atomic mass is 79.9. The molecule has 0 saturated heterocycles. The normalized spacial score (nSPS) is 10.8. The zero-order valence-corrected chi connectivity index (χ0v) is 14.3. The highest BCUT2D eigenvalue weighted by Gasteiger charge is 2.20. The fourth-order valence-electron chi connectivity index (χ4n) is 2.40. The van der Waals surface area contributed by atoms with Crippen molar-refractivity contribution in [1.29, 1.82) is 0 Å². The van der Waals surface area contributed by atoms with Crippen molar-refractivity contribution in [2.24, 2.45) is 0 Å². The van der Waals surface area contributed by atoms with Gasteiger partial charge in [-0.15, -0.1) is 11.3 Å². The summed E-state index contributed by atoms with van der Waals surface area (Å²) in [5.74, 6) is 0.136. The quantitative estimate of drug-likeness (QED) is 0.681. The molecule has 100 valence electrons. The van der Waals surface area contributed by atoms with Crippen LogP contribution in [-0.4, -0.2) is 5.78 Å². The van der Waals surface area contributed by atoms with Gasteiger partial charge >= 0.3 is 0 Å². The van der Waals surface area contributed by atoms with E-state index in [1.165, 1.54) is 28.0 Å². The van der Waals surface area contributed by atoms with Crippen molar-refractivity contribution in [2.75, 3.05) is 0 Å². The lowest BCUT2D eigenvalue weighted by Gasteiger charge is -2.17. The SMILES string of the molecule is Cc1c(C)c(C)c(C(=O)c2ccc(Br)s2)c(C)c1C. The van der Waals surface area contributed by atoms with E-state index in [0.717, 1.165) is 25.4 Å². The Bertz CT molecular complexity index is 639. The zero-order valence-electron chi connectivity index (χ0n) is 11.8. The topological polar surface area (TPSA) is 17.1 Å². The predicted molar refractivity (Wildman–Crippen MR) is 85.6 cm³/mol. The molecule has 0 spiro atoms. The molecule has 1 aromatic carbocycles. The molecule has 2 aromatic rings. The number of hydrogen-bond acceptors (Lipinski definition) is 2. The molecule has 1 nitrogen and oxygen atoms in total. The number of carbonyl (C=O) groups excluding carboxylic acids is 1. The number of thiophene rings is 1. The first-order chi connectivity index (χ1) is 8.84. The van der Waals surface area contributed by atoms with E-state index in [9.17, 15) is 4.79 Å². The third kappa shape index (κ3) is 2.41. The second kappa shape index (κ2) is 5.22. The molecule has 0 bridgehead atoms. The molecular formula is C16H17BrOS. The Kier molecular flexibility index (Phi) is 3.98. The predicted octanol–water partition coefficient (Wildman–Crippen LogP) is 5.28. The van der Waals surface area contributed by atoms with E-state index in [4.69, 9.17) is 0 Å². The van der Waals surface area contributed by atoms with Crippen molar-refractivity contribution < 1.29 is 4.79 Å². The number of benzene rings is 1. The van der Waals surface area contributed by atoms with Gasteiger partial charge in [0, 0.05) is 5.56 Å². The van der Waals surface area contributed by atoms with Crippen molar-refractivity contribution in [3.05, 3.63) is 54.2 Å². The number of halogens is 1. The Balaban J connectivity index is 2.66. The van der Waals surface area contributed by atoms with Crippen molar-refractivity contribution >= 4 is 33.0 Å². The second-order valence-corrected chi connectivity index (χ2v) is 7.40. The van der Waals surface area contributed by atoms with Gasteiger partial charge in [0.1, 0.15) is 0 Å². The molecule has 0 aliphatic heterocycles. The van der Waals surface area contributed by atoms with Crippen LogP contribution in [0.2, 0.25) is 0 Å². The minimum Gasteiger partial charge on any atom is -0.288 e. The van der Waals surface area contributed by atoms with Crippen molar-refractivity contribution in [1.82, 2.24) is 0 Å². The molecule has 0 N–H and O–H groups in total. The van der Waals surface area contributed by atoms with Crippen molar-refractivity contribution in [3.8, 4) is 0 Å². The largest absolute Gasteiger partial charge is 0.288 e. The first kappa shape index (κ1) is 14.5. The summed E-state index contributed by atoms with van der Waals surface area (Å²) in [7, 11) is 0. The smallest absolute Gasteiger partial charge is 0.203 e. The van der Waals surface area contributed by atoms with E-state index < -0.39 is 0 Å². The monoisotopic (exact) mass is 336 g/mol. The maximum atomic E-state index is 12.7. The van der Waals surface area contributed by atoms with Gasteiger partial charge in [0.15, 0.2) is 0 Å². The van der Waals surface area contributed by atoms with Crippen LogP contribution in [0.1, 0.15) is 43.1 Å². The number of hydrogen-bond donors (Lipinski definition) is 0.